The Hall–Kier alpha value is -2.82. The first-order valence-corrected chi connectivity index (χ1v) is 12.5. The van der Waals surface area contributed by atoms with E-state index < -0.39 is 47.9 Å². The number of carbonyl (C=O) groups excluding carboxylic acids is 1. The zero-order valence-electron chi connectivity index (χ0n) is 21.8. The summed E-state index contributed by atoms with van der Waals surface area (Å²) in [4.78, 5) is 18.5. The second kappa shape index (κ2) is 11.5. The highest BCUT2D eigenvalue weighted by molar-refractivity contribution is 5.75. The SMILES string of the molecule is CCN(CC)[C@H]1CCN(C(=O)N(C)Cc2cc(C(F)(F)F)cc(C(F)(F)F)c2)[C@H](c2ccc(F)cc2C)C1. The molecule has 2 aromatic rings. The van der Waals surface area contributed by atoms with Crippen molar-refractivity contribution in [2.75, 3.05) is 26.7 Å². The lowest BCUT2D eigenvalue weighted by molar-refractivity contribution is -0.143. The minimum atomic E-state index is -4.98. The topological polar surface area (TPSA) is 26.8 Å². The molecule has 1 aliphatic heterocycles. The molecule has 2 amide bonds. The number of carbonyl (C=O) groups is 1. The summed E-state index contributed by atoms with van der Waals surface area (Å²) in [5, 5.41) is 0. The Balaban J connectivity index is 1.92. The number of hydrogen-bond acceptors (Lipinski definition) is 2. The first kappa shape index (κ1) is 29.7. The number of nitrogens with zero attached hydrogens (tertiary/aromatic N) is 3. The van der Waals surface area contributed by atoms with E-state index in [1.165, 1.54) is 19.2 Å². The zero-order valence-corrected chi connectivity index (χ0v) is 21.8. The van der Waals surface area contributed by atoms with Crippen LogP contribution in [0.15, 0.2) is 36.4 Å². The van der Waals surface area contributed by atoms with Gasteiger partial charge in [0.2, 0.25) is 0 Å². The van der Waals surface area contributed by atoms with Crippen LogP contribution in [0.1, 0.15) is 60.5 Å². The van der Waals surface area contributed by atoms with Crippen molar-refractivity contribution in [3.63, 3.8) is 0 Å². The first-order chi connectivity index (χ1) is 17.6. The fraction of sp³-hybridized carbons (Fsp3) is 0.519. The molecule has 0 N–H and O–H groups in total. The van der Waals surface area contributed by atoms with E-state index in [4.69, 9.17) is 0 Å². The highest BCUT2D eigenvalue weighted by atomic mass is 19.4. The number of likely N-dealkylation sites (tertiary alicyclic amines) is 1. The van der Waals surface area contributed by atoms with Crippen LogP contribution in [0.5, 0.6) is 0 Å². The quantitative estimate of drug-likeness (QED) is 0.356. The van der Waals surface area contributed by atoms with Gasteiger partial charge < -0.3 is 14.7 Å². The Morgan fingerprint density at radius 3 is 2.05 bits per heavy atom. The Morgan fingerprint density at radius 2 is 1.55 bits per heavy atom. The summed E-state index contributed by atoms with van der Waals surface area (Å²) < 4.78 is 93.6. The normalized spacial score (nSPS) is 18.7. The predicted octanol–water partition coefficient (Wildman–Crippen LogP) is 7.27. The van der Waals surface area contributed by atoms with Gasteiger partial charge >= 0.3 is 18.4 Å². The molecule has 0 spiro atoms. The molecular weight excluding hydrogens is 515 g/mol. The maximum absolute atomic E-state index is 13.8. The summed E-state index contributed by atoms with van der Waals surface area (Å²) >= 11 is 0. The molecule has 210 valence electrons. The van der Waals surface area contributed by atoms with Crippen LogP contribution in [0, 0.1) is 12.7 Å². The average molecular weight is 548 g/mol. The molecule has 0 unspecified atom stereocenters. The van der Waals surface area contributed by atoms with E-state index in [9.17, 15) is 35.5 Å². The summed E-state index contributed by atoms with van der Waals surface area (Å²) in [5.74, 6) is -0.414. The lowest BCUT2D eigenvalue weighted by Crippen LogP contribution is -2.51. The minimum Gasteiger partial charge on any atom is -0.323 e. The van der Waals surface area contributed by atoms with Crippen molar-refractivity contribution >= 4 is 6.03 Å². The van der Waals surface area contributed by atoms with Crippen LogP contribution in [0.4, 0.5) is 35.5 Å². The minimum absolute atomic E-state index is 0.0661. The van der Waals surface area contributed by atoms with Gasteiger partial charge in [-0.05, 0) is 79.9 Å². The largest absolute Gasteiger partial charge is 0.416 e. The van der Waals surface area contributed by atoms with E-state index in [2.05, 4.69) is 4.90 Å². The number of rotatable bonds is 6. The molecule has 38 heavy (non-hydrogen) atoms. The van der Waals surface area contributed by atoms with Crippen LogP contribution in [0.3, 0.4) is 0 Å². The van der Waals surface area contributed by atoms with Crippen molar-refractivity contribution in [2.45, 2.75) is 64.6 Å². The van der Waals surface area contributed by atoms with Gasteiger partial charge in [-0.3, -0.25) is 0 Å². The van der Waals surface area contributed by atoms with Crippen molar-refractivity contribution in [2.24, 2.45) is 0 Å². The first-order valence-electron chi connectivity index (χ1n) is 12.5. The molecule has 3 rings (SSSR count). The third-order valence-corrected chi connectivity index (χ3v) is 7.13. The van der Waals surface area contributed by atoms with Crippen molar-refractivity contribution in [1.82, 2.24) is 14.7 Å². The van der Waals surface area contributed by atoms with Crippen molar-refractivity contribution in [1.29, 1.82) is 0 Å². The number of hydrogen-bond donors (Lipinski definition) is 0. The standard InChI is InChI=1S/C27H32F7N3O/c1-5-36(6-2)22-9-10-37(24(15-22)23-8-7-21(28)11-17(23)3)25(38)35(4)16-18-12-19(26(29,30)31)14-20(13-18)27(32,33)34/h7-8,11-14,22,24H,5-6,9-10,15-16H2,1-4H3/t22-,24-/m0/s1. The van der Waals surface area contributed by atoms with Crippen LogP contribution in [-0.4, -0.2) is 53.5 Å². The summed E-state index contributed by atoms with van der Waals surface area (Å²) in [6.07, 6.45) is -8.73. The average Bonchev–Trinajstić information content (AvgIpc) is 2.83. The molecule has 4 nitrogen and oxygen atoms in total. The second-order valence-electron chi connectivity index (χ2n) is 9.66. The Labute approximate surface area is 218 Å². The van der Waals surface area contributed by atoms with Gasteiger partial charge in [0.25, 0.3) is 0 Å². The smallest absolute Gasteiger partial charge is 0.323 e. The van der Waals surface area contributed by atoms with E-state index in [1.807, 2.05) is 13.8 Å². The predicted molar refractivity (Wildman–Crippen MR) is 130 cm³/mol. The van der Waals surface area contributed by atoms with Gasteiger partial charge in [-0.15, -0.1) is 0 Å². The monoisotopic (exact) mass is 547 g/mol. The Morgan fingerprint density at radius 1 is 0.974 bits per heavy atom. The maximum atomic E-state index is 13.8. The molecule has 1 heterocycles. The van der Waals surface area contributed by atoms with Gasteiger partial charge in [-0.1, -0.05) is 19.9 Å². The summed E-state index contributed by atoms with van der Waals surface area (Å²) in [6.45, 7) is 7.32. The summed E-state index contributed by atoms with van der Waals surface area (Å²) in [7, 11) is 1.35. The fourth-order valence-electron chi connectivity index (χ4n) is 5.23. The molecule has 0 radical (unpaired) electrons. The third kappa shape index (κ3) is 6.78. The van der Waals surface area contributed by atoms with Crippen LogP contribution >= 0.6 is 0 Å². The third-order valence-electron chi connectivity index (χ3n) is 7.13. The van der Waals surface area contributed by atoms with Crippen molar-refractivity contribution in [3.05, 3.63) is 70.0 Å². The van der Waals surface area contributed by atoms with Gasteiger partial charge in [-0.2, -0.15) is 26.3 Å². The molecule has 1 fully saturated rings. The lowest BCUT2D eigenvalue weighted by Gasteiger charge is -2.44. The van der Waals surface area contributed by atoms with Gasteiger partial charge in [0.15, 0.2) is 0 Å². The molecule has 1 saturated heterocycles. The Bertz CT molecular complexity index is 1100. The zero-order chi connectivity index (χ0) is 28.4. The van der Waals surface area contributed by atoms with Gasteiger partial charge in [0.1, 0.15) is 5.82 Å². The number of amides is 2. The summed E-state index contributed by atoms with van der Waals surface area (Å²) in [6, 6.07) is 4.85. The molecule has 0 bridgehead atoms. The molecule has 11 heteroatoms. The fourth-order valence-corrected chi connectivity index (χ4v) is 5.23. The van der Waals surface area contributed by atoms with Gasteiger partial charge in [0.05, 0.1) is 17.2 Å². The van der Waals surface area contributed by atoms with Crippen LogP contribution in [-0.2, 0) is 18.9 Å². The van der Waals surface area contributed by atoms with Crippen LogP contribution < -0.4 is 0 Å². The molecule has 2 atom stereocenters. The molecule has 0 aliphatic carbocycles. The number of urea groups is 1. The van der Waals surface area contributed by atoms with Crippen molar-refractivity contribution in [3.8, 4) is 0 Å². The van der Waals surface area contributed by atoms with E-state index in [0.29, 0.717) is 37.1 Å². The molecular formula is C27H32F7N3O. The molecule has 2 aromatic carbocycles. The molecule has 1 aliphatic rings. The number of aryl methyl sites for hydroxylation is 1. The second-order valence-corrected chi connectivity index (χ2v) is 9.66. The van der Waals surface area contributed by atoms with Gasteiger partial charge in [0, 0.05) is 26.2 Å². The molecule has 0 saturated carbocycles. The summed E-state index contributed by atoms with van der Waals surface area (Å²) in [5.41, 5.74) is -1.73. The van der Waals surface area contributed by atoms with Gasteiger partial charge in [-0.25, -0.2) is 9.18 Å². The van der Waals surface area contributed by atoms with E-state index in [-0.39, 0.29) is 17.7 Å². The maximum Gasteiger partial charge on any atom is 0.416 e. The van der Waals surface area contributed by atoms with Crippen molar-refractivity contribution < 1.29 is 35.5 Å². The van der Waals surface area contributed by atoms with E-state index in [1.54, 1.807) is 17.9 Å². The molecule has 0 aromatic heterocycles. The number of alkyl halides is 6. The van der Waals surface area contributed by atoms with E-state index in [0.717, 1.165) is 23.6 Å². The van der Waals surface area contributed by atoms with E-state index >= 15 is 0 Å². The van der Waals surface area contributed by atoms with Crippen LogP contribution in [0.25, 0.3) is 0 Å². The highest BCUT2D eigenvalue weighted by Gasteiger charge is 2.38. The Kier molecular flexibility index (Phi) is 9.00. The number of halogens is 7. The highest BCUT2D eigenvalue weighted by Crippen LogP contribution is 2.38. The number of piperidine rings is 1. The van der Waals surface area contributed by atoms with Crippen LogP contribution in [0.2, 0.25) is 0 Å². The number of benzene rings is 2. The lowest BCUT2D eigenvalue weighted by atomic mass is 9.88.